The lowest BCUT2D eigenvalue weighted by Gasteiger charge is -2.13. The fourth-order valence-corrected chi connectivity index (χ4v) is 2.51. The van der Waals surface area contributed by atoms with Gasteiger partial charge in [0.05, 0.1) is 11.7 Å². The van der Waals surface area contributed by atoms with Crippen LogP contribution in [0.3, 0.4) is 0 Å². The molecule has 0 spiro atoms. The molecule has 0 bridgehead atoms. The molecule has 0 unspecified atom stereocenters. The Morgan fingerprint density at radius 1 is 0.900 bits per heavy atom. The summed E-state index contributed by atoms with van der Waals surface area (Å²) in [7, 11) is 0. The second-order valence-corrected chi connectivity index (χ2v) is 5.15. The largest absolute Gasteiger partial charge is 0.459 e. The first-order chi connectivity index (χ1) is 9.66. The fraction of sp³-hybridized carbons (Fsp3) is 0.167. The highest BCUT2D eigenvalue weighted by Gasteiger charge is 2.16. The number of benzene rings is 3. The van der Waals surface area contributed by atoms with Gasteiger partial charge in [0.1, 0.15) is 0 Å². The molecule has 0 aliphatic carbocycles. The van der Waals surface area contributed by atoms with E-state index in [0.29, 0.717) is 5.56 Å². The van der Waals surface area contributed by atoms with Crippen LogP contribution in [0.5, 0.6) is 0 Å². The molecule has 100 valence electrons. The van der Waals surface area contributed by atoms with Crippen LogP contribution in [0.1, 0.15) is 24.2 Å². The van der Waals surface area contributed by atoms with E-state index >= 15 is 0 Å². The van der Waals surface area contributed by atoms with Gasteiger partial charge in [-0.25, -0.2) is 4.79 Å². The van der Waals surface area contributed by atoms with Crippen LogP contribution in [0.2, 0.25) is 0 Å². The third-order valence-electron chi connectivity index (χ3n) is 3.32. The average Bonchev–Trinajstić information content (AvgIpc) is 2.43. The molecular weight excluding hydrogens is 248 g/mol. The number of rotatable bonds is 2. The van der Waals surface area contributed by atoms with Crippen molar-refractivity contribution in [2.45, 2.75) is 20.0 Å². The summed E-state index contributed by atoms with van der Waals surface area (Å²) in [4.78, 5) is 12.5. The maximum Gasteiger partial charge on any atom is 0.339 e. The van der Waals surface area contributed by atoms with E-state index in [1.807, 2.05) is 62.4 Å². The average molecular weight is 264 g/mol. The molecule has 0 radical (unpaired) electrons. The van der Waals surface area contributed by atoms with E-state index in [1.54, 1.807) is 0 Å². The predicted molar refractivity (Wildman–Crippen MR) is 82.0 cm³/mol. The van der Waals surface area contributed by atoms with Crippen molar-refractivity contribution in [3.05, 3.63) is 60.2 Å². The number of esters is 1. The zero-order valence-electron chi connectivity index (χ0n) is 11.6. The highest BCUT2D eigenvalue weighted by Crippen LogP contribution is 2.29. The minimum Gasteiger partial charge on any atom is -0.459 e. The maximum atomic E-state index is 12.5. The zero-order chi connectivity index (χ0) is 14.1. The minimum atomic E-state index is -0.256. The summed E-state index contributed by atoms with van der Waals surface area (Å²) >= 11 is 0. The molecule has 0 fully saturated rings. The summed E-state index contributed by atoms with van der Waals surface area (Å²) < 4.78 is 5.41. The first kappa shape index (κ1) is 12.7. The van der Waals surface area contributed by atoms with Crippen molar-refractivity contribution in [1.82, 2.24) is 0 Å². The molecule has 3 rings (SSSR count). The van der Waals surface area contributed by atoms with E-state index < -0.39 is 0 Å². The van der Waals surface area contributed by atoms with Gasteiger partial charge in [-0.3, -0.25) is 0 Å². The normalized spacial score (nSPS) is 11.2. The van der Waals surface area contributed by atoms with Gasteiger partial charge in [-0.1, -0.05) is 48.5 Å². The molecule has 20 heavy (non-hydrogen) atoms. The summed E-state index contributed by atoms with van der Waals surface area (Å²) in [5.41, 5.74) is 0.660. The highest BCUT2D eigenvalue weighted by atomic mass is 16.5. The lowest BCUT2D eigenvalue weighted by Crippen LogP contribution is -2.12. The van der Waals surface area contributed by atoms with Crippen molar-refractivity contribution in [2.24, 2.45) is 0 Å². The Kier molecular flexibility index (Phi) is 3.15. The topological polar surface area (TPSA) is 26.3 Å². The van der Waals surface area contributed by atoms with E-state index in [1.165, 1.54) is 0 Å². The quantitative estimate of drug-likeness (QED) is 0.501. The van der Waals surface area contributed by atoms with Crippen LogP contribution >= 0.6 is 0 Å². The molecule has 0 N–H and O–H groups in total. The smallest absolute Gasteiger partial charge is 0.339 e. The molecule has 0 atom stereocenters. The summed E-state index contributed by atoms with van der Waals surface area (Å²) in [5.74, 6) is -0.256. The van der Waals surface area contributed by atoms with Gasteiger partial charge >= 0.3 is 5.97 Å². The second kappa shape index (κ2) is 4.97. The summed E-state index contributed by atoms with van der Waals surface area (Å²) in [6.45, 7) is 3.73. The molecule has 2 heteroatoms. The van der Waals surface area contributed by atoms with Crippen LogP contribution in [0, 0.1) is 0 Å². The third kappa shape index (κ3) is 2.14. The Hall–Kier alpha value is -2.35. The molecule has 0 aromatic heterocycles. The van der Waals surface area contributed by atoms with Gasteiger partial charge in [0, 0.05) is 0 Å². The molecule has 0 aliphatic heterocycles. The zero-order valence-corrected chi connectivity index (χ0v) is 11.6. The van der Waals surface area contributed by atoms with Gasteiger partial charge in [0.15, 0.2) is 0 Å². The van der Waals surface area contributed by atoms with Crippen molar-refractivity contribution in [2.75, 3.05) is 0 Å². The first-order valence-corrected chi connectivity index (χ1v) is 6.78. The highest BCUT2D eigenvalue weighted by molar-refractivity contribution is 6.16. The molecule has 3 aromatic rings. The number of hydrogen-bond donors (Lipinski definition) is 0. The van der Waals surface area contributed by atoms with E-state index in [9.17, 15) is 4.79 Å². The summed E-state index contributed by atoms with van der Waals surface area (Å²) in [6, 6.07) is 18.0. The standard InChI is InChI=1S/C18H16O2/c1-12(2)20-18(19)17-15-9-5-3-7-13(15)11-14-8-4-6-10-16(14)17/h3-12H,1-2H3. The third-order valence-corrected chi connectivity index (χ3v) is 3.32. The van der Waals surface area contributed by atoms with Gasteiger partial charge < -0.3 is 4.74 Å². The molecule has 3 aromatic carbocycles. The number of fused-ring (bicyclic) bond motifs is 2. The molecule has 0 amide bonds. The van der Waals surface area contributed by atoms with E-state index in [4.69, 9.17) is 4.74 Å². The number of hydrogen-bond acceptors (Lipinski definition) is 2. The van der Waals surface area contributed by atoms with Crippen LogP contribution in [-0.2, 0) is 4.74 Å². The first-order valence-electron chi connectivity index (χ1n) is 6.78. The number of ether oxygens (including phenoxy) is 1. The Balaban J connectivity index is 2.36. The van der Waals surface area contributed by atoms with Crippen molar-refractivity contribution in [1.29, 1.82) is 0 Å². The van der Waals surface area contributed by atoms with Gasteiger partial charge in [0.2, 0.25) is 0 Å². The lowest BCUT2D eigenvalue weighted by molar-refractivity contribution is 0.0382. The molecule has 0 heterocycles. The molecule has 2 nitrogen and oxygen atoms in total. The van der Waals surface area contributed by atoms with Gasteiger partial charge in [-0.05, 0) is 41.5 Å². The van der Waals surface area contributed by atoms with Crippen LogP contribution < -0.4 is 0 Å². The molecular formula is C18H16O2. The lowest BCUT2D eigenvalue weighted by atomic mass is 9.97. The SMILES string of the molecule is CC(C)OC(=O)c1c2ccccc2cc2ccccc12. The van der Waals surface area contributed by atoms with Gasteiger partial charge in [0.25, 0.3) is 0 Å². The fourth-order valence-electron chi connectivity index (χ4n) is 2.51. The van der Waals surface area contributed by atoms with Crippen LogP contribution in [0.25, 0.3) is 21.5 Å². The Labute approximate surface area is 118 Å². The van der Waals surface area contributed by atoms with Crippen molar-refractivity contribution in [3.8, 4) is 0 Å². The Morgan fingerprint density at radius 2 is 1.40 bits per heavy atom. The molecule has 0 saturated heterocycles. The van der Waals surface area contributed by atoms with Crippen LogP contribution in [0.15, 0.2) is 54.6 Å². The number of carbonyl (C=O) groups excluding carboxylic acids is 1. The van der Waals surface area contributed by atoms with E-state index in [-0.39, 0.29) is 12.1 Å². The monoisotopic (exact) mass is 264 g/mol. The number of carbonyl (C=O) groups is 1. The van der Waals surface area contributed by atoms with Crippen molar-refractivity contribution >= 4 is 27.5 Å². The molecule has 0 saturated carbocycles. The summed E-state index contributed by atoms with van der Waals surface area (Å²) in [5, 5.41) is 4.00. The van der Waals surface area contributed by atoms with E-state index in [0.717, 1.165) is 21.5 Å². The Bertz CT molecular complexity index is 734. The van der Waals surface area contributed by atoms with Gasteiger partial charge in [-0.15, -0.1) is 0 Å². The van der Waals surface area contributed by atoms with Gasteiger partial charge in [-0.2, -0.15) is 0 Å². The minimum absolute atomic E-state index is 0.125. The summed E-state index contributed by atoms with van der Waals surface area (Å²) in [6.07, 6.45) is -0.125. The van der Waals surface area contributed by atoms with E-state index in [2.05, 4.69) is 6.07 Å². The van der Waals surface area contributed by atoms with Crippen LogP contribution in [-0.4, -0.2) is 12.1 Å². The molecule has 0 aliphatic rings. The second-order valence-electron chi connectivity index (χ2n) is 5.15. The predicted octanol–water partition coefficient (Wildman–Crippen LogP) is 4.56. The van der Waals surface area contributed by atoms with Crippen LogP contribution in [0.4, 0.5) is 0 Å². The van der Waals surface area contributed by atoms with Crippen molar-refractivity contribution < 1.29 is 9.53 Å². The van der Waals surface area contributed by atoms with Crippen molar-refractivity contribution in [3.63, 3.8) is 0 Å². The maximum absolute atomic E-state index is 12.5. The Morgan fingerprint density at radius 3 is 1.90 bits per heavy atom.